The van der Waals surface area contributed by atoms with Crippen molar-refractivity contribution in [2.24, 2.45) is 0 Å². The molecule has 0 amide bonds. The molecule has 0 saturated heterocycles. The van der Waals surface area contributed by atoms with Crippen molar-refractivity contribution in [1.82, 2.24) is 4.98 Å². The van der Waals surface area contributed by atoms with E-state index in [0.717, 1.165) is 0 Å². The fourth-order valence-electron chi connectivity index (χ4n) is 1.42. The zero-order valence-electron chi connectivity index (χ0n) is 9.24. The molecule has 0 radical (unpaired) electrons. The quantitative estimate of drug-likeness (QED) is 0.780. The highest BCUT2D eigenvalue weighted by Crippen LogP contribution is 2.29. The summed E-state index contributed by atoms with van der Waals surface area (Å²) in [5.74, 6) is -0.982. The van der Waals surface area contributed by atoms with Gasteiger partial charge in [0.05, 0.1) is 18.6 Å². The number of alkyl halides is 2. The van der Waals surface area contributed by atoms with E-state index in [1.54, 1.807) is 6.92 Å². The first-order chi connectivity index (χ1) is 7.95. The van der Waals surface area contributed by atoms with Gasteiger partial charge in [-0.05, 0) is 18.6 Å². The molecular formula is C10H13F2N3O2. The predicted octanol–water partition coefficient (Wildman–Crippen LogP) is 1.29. The molecule has 17 heavy (non-hydrogen) atoms. The second kappa shape index (κ2) is 5.42. The van der Waals surface area contributed by atoms with Crippen molar-refractivity contribution in [3.8, 4) is 0 Å². The van der Waals surface area contributed by atoms with Crippen molar-refractivity contribution in [3.63, 3.8) is 0 Å². The second-order valence-electron chi connectivity index (χ2n) is 3.29. The molecule has 0 saturated carbocycles. The largest absolute Gasteiger partial charge is 0.466 e. The van der Waals surface area contributed by atoms with Gasteiger partial charge in [-0.25, -0.2) is 13.8 Å². The van der Waals surface area contributed by atoms with Crippen LogP contribution in [0.1, 0.15) is 24.5 Å². The van der Waals surface area contributed by atoms with Crippen LogP contribution in [0.15, 0.2) is 6.07 Å². The fraction of sp³-hybridized carbons (Fsp3) is 0.400. The summed E-state index contributed by atoms with van der Waals surface area (Å²) in [5.41, 5.74) is 10.3. The molecule has 5 nitrogen and oxygen atoms in total. The van der Waals surface area contributed by atoms with Gasteiger partial charge >= 0.3 is 5.97 Å². The lowest BCUT2D eigenvalue weighted by molar-refractivity contribution is -0.142. The van der Waals surface area contributed by atoms with Gasteiger partial charge in [-0.3, -0.25) is 4.79 Å². The van der Waals surface area contributed by atoms with Crippen LogP contribution in [-0.2, 0) is 16.0 Å². The second-order valence-corrected chi connectivity index (χ2v) is 3.29. The summed E-state index contributed by atoms with van der Waals surface area (Å²) in [6.07, 6.45) is -3.11. The maximum absolute atomic E-state index is 12.7. The minimum Gasteiger partial charge on any atom is -0.466 e. The van der Waals surface area contributed by atoms with E-state index in [-0.39, 0.29) is 30.2 Å². The Hall–Kier alpha value is -1.92. The normalized spacial score (nSPS) is 10.6. The minimum atomic E-state index is -2.81. The van der Waals surface area contributed by atoms with Crippen molar-refractivity contribution in [2.45, 2.75) is 19.8 Å². The van der Waals surface area contributed by atoms with Gasteiger partial charge in [-0.1, -0.05) is 0 Å². The number of nitrogen functional groups attached to an aromatic ring is 2. The summed E-state index contributed by atoms with van der Waals surface area (Å²) < 4.78 is 30.2. The van der Waals surface area contributed by atoms with Gasteiger partial charge in [0.25, 0.3) is 6.43 Å². The Balaban J connectivity index is 3.08. The number of hydrogen-bond acceptors (Lipinski definition) is 5. The molecule has 0 aliphatic heterocycles. The first kappa shape index (κ1) is 13.1. The third-order valence-electron chi connectivity index (χ3n) is 2.05. The maximum Gasteiger partial charge on any atom is 0.310 e. The monoisotopic (exact) mass is 245 g/mol. The first-order valence-electron chi connectivity index (χ1n) is 4.94. The topological polar surface area (TPSA) is 91.2 Å². The number of halogens is 2. The lowest BCUT2D eigenvalue weighted by atomic mass is 10.1. The molecule has 7 heteroatoms. The number of ether oxygens (including phenoxy) is 1. The summed E-state index contributed by atoms with van der Waals surface area (Å²) in [4.78, 5) is 14.8. The van der Waals surface area contributed by atoms with Gasteiger partial charge in [0.1, 0.15) is 11.6 Å². The van der Waals surface area contributed by atoms with Gasteiger partial charge in [0, 0.05) is 0 Å². The van der Waals surface area contributed by atoms with E-state index in [9.17, 15) is 13.6 Å². The lowest BCUT2D eigenvalue weighted by Crippen LogP contribution is -2.12. The molecule has 0 aromatic carbocycles. The Morgan fingerprint density at radius 3 is 2.71 bits per heavy atom. The van der Waals surface area contributed by atoms with Gasteiger partial charge in [0.2, 0.25) is 0 Å². The highest BCUT2D eigenvalue weighted by Gasteiger charge is 2.20. The van der Waals surface area contributed by atoms with Crippen LogP contribution in [0, 0.1) is 0 Å². The van der Waals surface area contributed by atoms with E-state index in [2.05, 4.69) is 9.72 Å². The van der Waals surface area contributed by atoms with Crippen LogP contribution in [0.4, 0.5) is 20.4 Å². The summed E-state index contributed by atoms with van der Waals surface area (Å²) >= 11 is 0. The molecule has 0 aliphatic rings. The number of hydrogen-bond donors (Lipinski definition) is 2. The molecule has 1 aromatic rings. The molecule has 1 rings (SSSR count). The summed E-state index contributed by atoms with van der Waals surface area (Å²) in [5, 5.41) is 0. The van der Waals surface area contributed by atoms with Crippen LogP contribution in [0.25, 0.3) is 0 Å². The van der Waals surface area contributed by atoms with Crippen LogP contribution in [0.5, 0.6) is 0 Å². The van der Waals surface area contributed by atoms with Crippen LogP contribution >= 0.6 is 0 Å². The number of esters is 1. The van der Waals surface area contributed by atoms with E-state index >= 15 is 0 Å². The summed E-state index contributed by atoms with van der Waals surface area (Å²) in [6.45, 7) is 1.81. The highest BCUT2D eigenvalue weighted by molar-refractivity contribution is 5.74. The van der Waals surface area contributed by atoms with Crippen molar-refractivity contribution in [1.29, 1.82) is 0 Å². The van der Waals surface area contributed by atoms with Gasteiger partial charge in [-0.2, -0.15) is 0 Å². The van der Waals surface area contributed by atoms with E-state index < -0.39 is 18.0 Å². The van der Waals surface area contributed by atoms with Gasteiger partial charge in [0.15, 0.2) is 0 Å². The van der Waals surface area contributed by atoms with Gasteiger partial charge < -0.3 is 16.2 Å². The summed E-state index contributed by atoms with van der Waals surface area (Å²) in [7, 11) is 0. The molecule has 1 heterocycles. The van der Waals surface area contributed by atoms with E-state index in [4.69, 9.17) is 11.5 Å². The minimum absolute atomic E-state index is 0.00815. The van der Waals surface area contributed by atoms with Crippen molar-refractivity contribution in [3.05, 3.63) is 17.2 Å². The lowest BCUT2D eigenvalue weighted by Gasteiger charge is -2.11. The SMILES string of the molecule is CCOC(=O)Cc1cc(N)nc(N)c1C(F)F. The number of rotatable bonds is 4. The Labute approximate surface area is 96.8 Å². The number of carbonyl (C=O) groups excluding carboxylic acids is 1. The highest BCUT2D eigenvalue weighted by atomic mass is 19.3. The Bertz CT molecular complexity index is 424. The number of nitrogens with two attached hydrogens (primary N) is 2. The smallest absolute Gasteiger partial charge is 0.310 e. The van der Waals surface area contributed by atoms with E-state index in [1.807, 2.05) is 0 Å². The van der Waals surface area contributed by atoms with Crippen molar-refractivity contribution < 1.29 is 18.3 Å². The van der Waals surface area contributed by atoms with Crippen LogP contribution < -0.4 is 11.5 Å². The average molecular weight is 245 g/mol. The van der Waals surface area contributed by atoms with Crippen LogP contribution in [0.2, 0.25) is 0 Å². The fourth-order valence-corrected chi connectivity index (χ4v) is 1.42. The van der Waals surface area contributed by atoms with Crippen molar-refractivity contribution >= 4 is 17.6 Å². The average Bonchev–Trinajstić information content (AvgIpc) is 2.15. The molecule has 0 spiro atoms. The predicted molar refractivity (Wildman–Crippen MR) is 58.4 cm³/mol. The van der Waals surface area contributed by atoms with Crippen LogP contribution in [0.3, 0.4) is 0 Å². The molecule has 94 valence electrons. The zero-order chi connectivity index (χ0) is 13.0. The third-order valence-corrected chi connectivity index (χ3v) is 2.05. The number of carbonyl (C=O) groups is 1. The van der Waals surface area contributed by atoms with Crippen molar-refractivity contribution in [2.75, 3.05) is 18.1 Å². The molecule has 1 aromatic heterocycles. The standard InChI is InChI=1S/C10H13F2N3O2/c1-2-17-7(16)4-5-3-6(13)15-10(14)8(5)9(11)12/h3,9H,2,4H2,1H3,(H4,13,14,15). The van der Waals surface area contributed by atoms with Crippen LogP contribution in [-0.4, -0.2) is 17.6 Å². The Morgan fingerprint density at radius 2 is 2.18 bits per heavy atom. The number of pyridine rings is 1. The number of anilines is 2. The number of nitrogens with zero attached hydrogens (tertiary/aromatic N) is 1. The maximum atomic E-state index is 12.7. The number of aromatic nitrogens is 1. The van der Waals surface area contributed by atoms with E-state index in [0.29, 0.717) is 0 Å². The Morgan fingerprint density at radius 1 is 1.53 bits per heavy atom. The van der Waals surface area contributed by atoms with E-state index in [1.165, 1.54) is 6.07 Å². The molecule has 0 fully saturated rings. The Kier molecular flexibility index (Phi) is 4.19. The first-order valence-corrected chi connectivity index (χ1v) is 4.94. The molecule has 0 atom stereocenters. The van der Waals surface area contributed by atoms with Gasteiger partial charge in [-0.15, -0.1) is 0 Å². The third kappa shape index (κ3) is 3.27. The molecule has 0 bridgehead atoms. The summed E-state index contributed by atoms with van der Waals surface area (Å²) in [6, 6.07) is 1.20. The molecule has 4 N–H and O–H groups in total. The molecule has 0 aliphatic carbocycles. The molecule has 0 unspecified atom stereocenters. The molecular weight excluding hydrogens is 232 g/mol. The zero-order valence-corrected chi connectivity index (χ0v) is 9.24.